The van der Waals surface area contributed by atoms with E-state index in [-0.39, 0.29) is 17.9 Å². The van der Waals surface area contributed by atoms with Crippen LogP contribution in [0.4, 0.5) is 5.69 Å². The van der Waals surface area contributed by atoms with Gasteiger partial charge >= 0.3 is 0 Å². The van der Waals surface area contributed by atoms with Gasteiger partial charge in [-0.05, 0) is 80.4 Å². The number of rotatable bonds is 5. The van der Waals surface area contributed by atoms with Gasteiger partial charge in [0.2, 0.25) is 5.91 Å². The van der Waals surface area contributed by atoms with Gasteiger partial charge in [0.15, 0.2) is 0 Å². The summed E-state index contributed by atoms with van der Waals surface area (Å²) in [5.74, 6) is 0.652. The van der Waals surface area contributed by atoms with Crippen LogP contribution in [0.3, 0.4) is 0 Å². The predicted molar refractivity (Wildman–Crippen MR) is 123 cm³/mol. The number of nitrogens with one attached hydrogen (secondary N) is 3. The second kappa shape index (κ2) is 9.25. The molecule has 3 fully saturated rings. The summed E-state index contributed by atoms with van der Waals surface area (Å²) in [6, 6.07) is 10.4. The molecular weight excluding hydrogens is 410 g/mol. The SMILES string of the molecule is O=C(Nc1ccc(CN2CCCC2)cc1)C1NNC2CCC(c3cncc(Cl)c3)CC21. The molecule has 7 heteroatoms. The van der Waals surface area contributed by atoms with E-state index >= 15 is 0 Å². The van der Waals surface area contributed by atoms with E-state index in [9.17, 15) is 4.79 Å². The summed E-state index contributed by atoms with van der Waals surface area (Å²) < 4.78 is 0. The Morgan fingerprint density at radius 1 is 1.13 bits per heavy atom. The number of likely N-dealkylation sites (tertiary alicyclic amines) is 1. The second-order valence-electron chi connectivity index (χ2n) is 9.15. The van der Waals surface area contributed by atoms with E-state index in [4.69, 9.17) is 11.6 Å². The molecule has 0 bridgehead atoms. The van der Waals surface area contributed by atoms with Gasteiger partial charge in [0, 0.05) is 36.6 Å². The first kappa shape index (κ1) is 20.9. The number of fused-ring (bicyclic) bond motifs is 1. The molecule has 1 aliphatic carbocycles. The number of anilines is 1. The maximum absolute atomic E-state index is 13.1. The third-order valence-electron chi connectivity index (χ3n) is 7.06. The lowest BCUT2D eigenvalue weighted by molar-refractivity contribution is -0.119. The predicted octanol–water partition coefficient (Wildman–Crippen LogP) is 3.70. The van der Waals surface area contributed by atoms with Crippen molar-refractivity contribution < 1.29 is 4.79 Å². The zero-order chi connectivity index (χ0) is 21.2. The average molecular weight is 440 g/mol. The number of halogens is 1. The molecule has 4 atom stereocenters. The summed E-state index contributed by atoms with van der Waals surface area (Å²) in [7, 11) is 0. The van der Waals surface area contributed by atoms with Crippen LogP contribution >= 0.6 is 11.6 Å². The van der Waals surface area contributed by atoms with Gasteiger partial charge in [-0.2, -0.15) is 0 Å². The highest BCUT2D eigenvalue weighted by molar-refractivity contribution is 6.30. The van der Waals surface area contributed by atoms with Crippen LogP contribution in [0, 0.1) is 5.92 Å². The number of hydrazine groups is 1. The highest BCUT2D eigenvalue weighted by Gasteiger charge is 2.43. The molecule has 31 heavy (non-hydrogen) atoms. The van der Waals surface area contributed by atoms with Crippen LogP contribution < -0.4 is 16.2 Å². The molecule has 6 nitrogen and oxygen atoms in total. The third kappa shape index (κ3) is 4.77. The molecule has 2 aromatic rings. The maximum atomic E-state index is 13.1. The Hall–Kier alpha value is -1.99. The molecule has 4 unspecified atom stereocenters. The topological polar surface area (TPSA) is 69.3 Å². The third-order valence-corrected chi connectivity index (χ3v) is 7.26. The Labute approximate surface area is 188 Å². The molecule has 1 aromatic carbocycles. The summed E-state index contributed by atoms with van der Waals surface area (Å²) in [6.07, 6.45) is 9.22. The van der Waals surface area contributed by atoms with E-state index in [1.54, 1.807) is 6.20 Å². The molecule has 1 aromatic heterocycles. The first-order valence-electron chi connectivity index (χ1n) is 11.4. The number of nitrogens with zero attached hydrogens (tertiary/aromatic N) is 2. The van der Waals surface area contributed by atoms with E-state index < -0.39 is 0 Å². The monoisotopic (exact) mass is 439 g/mol. The van der Waals surface area contributed by atoms with Crippen LogP contribution in [0.15, 0.2) is 42.7 Å². The fourth-order valence-electron chi connectivity index (χ4n) is 5.38. The van der Waals surface area contributed by atoms with E-state index in [2.05, 4.69) is 38.2 Å². The number of aromatic nitrogens is 1. The van der Waals surface area contributed by atoms with E-state index in [0.29, 0.717) is 17.0 Å². The normalized spacial score (nSPS) is 28.4. The van der Waals surface area contributed by atoms with Gasteiger partial charge in [0.05, 0.1) is 5.02 Å². The van der Waals surface area contributed by atoms with Crippen LogP contribution in [0.5, 0.6) is 0 Å². The minimum Gasteiger partial charge on any atom is -0.325 e. The van der Waals surface area contributed by atoms with Crippen LogP contribution in [0.1, 0.15) is 49.1 Å². The Kier molecular flexibility index (Phi) is 6.23. The Morgan fingerprint density at radius 2 is 1.94 bits per heavy atom. The highest BCUT2D eigenvalue weighted by Crippen LogP contribution is 2.40. The zero-order valence-electron chi connectivity index (χ0n) is 17.7. The van der Waals surface area contributed by atoms with E-state index in [1.165, 1.54) is 37.1 Å². The summed E-state index contributed by atoms with van der Waals surface area (Å²) in [6.45, 7) is 3.37. The van der Waals surface area contributed by atoms with Crippen molar-refractivity contribution in [3.05, 3.63) is 58.9 Å². The van der Waals surface area contributed by atoms with Crippen molar-refractivity contribution >= 4 is 23.2 Å². The van der Waals surface area contributed by atoms with Crippen LogP contribution in [0.25, 0.3) is 0 Å². The smallest absolute Gasteiger partial charge is 0.243 e. The molecule has 3 N–H and O–H groups in total. The van der Waals surface area contributed by atoms with Gasteiger partial charge in [-0.3, -0.25) is 20.1 Å². The molecule has 2 aliphatic heterocycles. The number of amides is 1. The van der Waals surface area contributed by atoms with Gasteiger partial charge < -0.3 is 5.32 Å². The number of pyridine rings is 1. The lowest BCUT2D eigenvalue weighted by Crippen LogP contribution is -2.42. The number of carbonyl (C=O) groups is 1. The number of carbonyl (C=O) groups excluding carboxylic acids is 1. The molecule has 1 saturated carbocycles. The van der Waals surface area contributed by atoms with E-state index in [1.807, 2.05) is 24.4 Å². The summed E-state index contributed by atoms with van der Waals surface area (Å²) in [5, 5.41) is 3.78. The van der Waals surface area contributed by atoms with Gasteiger partial charge in [0.25, 0.3) is 0 Å². The Balaban J connectivity index is 1.21. The lowest BCUT2D eigenvalue weighted by atomic mass is 9.73. The standard InChI is InChI=1S/C24H30ClN5O/c25-19-11-18(13-26-14-19)17-5-8-22-21(12-17)23(29-28-22)24(31)27-20-6-3-16(4-7-20)15-30-9-1-2-10-30/h3-4,6-7,11,13-14,17,21-23,28-29H,1-2,5,8-10,12,15H2,(H,27,31). The molecule has 2 saturated heterocycles. The zero-order valence-corrected chi connectivity index (χ0v) is 18.4. The van der Waals surface area contributed by atoms with Gasteiger partial charge in [-0.25, -0.2) is 5.43 Å². The fraction of sp³-hybridized carbons (Fsp3) is 0.500. The van der Waals surface area contributed by atoms with Crippen LogP contribution in [0.2, 0.25) is 5.02 Å². The molecule has 164 valence electrons. The van der Waals surface area contributed by atoms with Gasteiger partial charge in [0.1, 0.15) is 6.04 Å². The van der Waals surface area contributed by atoms with Gasteiger partial charge in [-0.15, -0.1) is 0 Å². The van der Waals surface area contributed by atoms with Gasteiger partial charge in [-0.1, -0.05) is 23.7 Å². The quantitative estimate of drug-likeness (QED) is 0.662. The molecule has 5 rings (SSSR count). The molecular formula is C24H30ClN5O. The molecule has 3 aliphatic rings. The largest absolute Gasteiger partial charge is 0.325 e. The van der Waals surface area contributed by atoms with Crippen molar-refractivity contribution in [2.24, 2.45) is 5.92 Å². The second-order valence-corrected chi connectivity index (χ2v) is 9.59. The first-order chi connectivity index (χ1) is 15.2. The summed E-state index contributed by atoms with van der Waals surface area (Å²) in [4.78, 5) is 19.8. The average Bonchev–Trinajstić information content (AvgIpc) is 3.44. The highest BCUT2D eigenvalue weighted by atomic mass is 35.5. The molecule has 0 radical (unpaired) electrons. The first-order valence-corrected chi connectivity index (χ1v) is 11.8. The summed E-state index contributed by atoms with van der Waals surface area (Å²) >= 11 is 6.15. The molecule has 3 heterocycles. The number of hydrogen-bond donors (Lipinski definition) is 3. The van der Waals surface area contributed by atoms with Crippen molar-refractivity contribution in [1.82, 2.24) is 20.7 Å². The number of benzene rings is 1. The van der Waals surface area contributed by atoms with Crippen LogP contribution in [-0.4, -0.2) is 41.0 Å². The van der Waals surface area contributed by atoms with Crippen molar-refractivity contribution in [1.29, 1.82) is 0 Å². The van der Waals surface area contributed by atoms with Crippen molar-refractivity contribution in [3.63, 3.8) is 0 Å². The van der Waals surface area contributed by atoms with Crippen LogP contribution in [-0.2, 0) is 11.3 Å². The minimum atomic E-state index is -0.246. The molecule has 0 spiro atoms. The maximum Gasteiger partial charge on any atom is 0.243 e. The molecule has 1 amide bonds. The fourth-order valence-corrected chi connectivity index (χ4v) is 5.57. The van der Waals surface area contributed by atoms with E-state index in [0.717, 1.165) is 31.5 Å². The van der Waals surface area contributed by atoms with Crippen molar-refractivity contribution in [2.45, 2.75) is 56.7 Å². The number of hydrogen-bond acceptors (Lipinski definition) is 5. The van der Waals surface area contributed by atoms with Crippen molar-refractivity contribution in [3.8, 4) is 0 Å². The minimum absolute atomic E-state index is 0.0251. The van der Waals surface area contributed by atoms with Crippen molar-refractivity contribution in [2.75, 3.05) is 18.4 Å². The summed E-state index contributed by atoms with van der Waals surface area (Å²) in [5.41, 5.74) is 9.92. The Morgan fingerprint density at radius 3 is 2.71 bits per heavy atom. The Bertz CT molecular complexity index is 914. The lowest BCUT2D eigenvalue weighted by Gasteiger charge is -2.33.